The van der Waals surface area contributed by atoms with Crippen molar-refractivity contribution in [2.24, 2.45) is 10.8 Å². The van der Waals surface area contributed by atoms with Gasteiger partial charge in [-0.15, -0.1) is 0 Å². The van der Waals surface area contributed by atoms with Gasteiger partial charge in [0.1, 0.15) is 12.9 Å². The number of nitrogens with zero attached hydrogens (tertiary/aromatic N) is 2. The van der Waals surface area contributed by atoms with E-state index in [0.717, 1.165) is 22.4 Å². The fraction of sp³-hybridized carbons (Fsp3) is 0.522. The Hall–Kier alpha value is -2.43. The third kappa shape index (κ3) is 4.89. The number of carbonyl (C=O) groups excluding carboxylic acids is 2. The van der Waals surface area contributed by atoms with E-state index in [4.69, 9.17) is 4.74 Å². The Morgan fingerprint density at radius 1 is 1.11 bits per heavy atom. The molecule has 0 amide bonds. The number of imidazole rings is 1. The van der Waals surface area contributed by atoms with Gasteiger partial charge >= 0.3 is 5.97 Å². The van der Waals surface area contributed by atoms with Crippen LogP contribution < -0.4 is 0 Å². The molecule has 0 saturated heterocycles. The second kappa shape index (κ2) is 7.90. The van der Waals surface area contributed by atoms with Gasteiger partial charge in [-0.05, 0) is 44.4 Å². The summed E-state index contributed by atoms with van der Waals surface area (Å²) in [5, 5.41) is 0. The minimum Gasteiger partial charge on any atom is -0.460 e. The third-order valence-corrected chi connectivity index (χ3v) is 4.85. The molecule has 0 fully saturated rings. The summed E-state index contributed by atoms with van der Waals surface area (Å²) in [4.78, 5) is 29.0. The van der Waals surface area contributed by atoms with Gasteiger partial charge in [0.15, 0.2) is 0 Å². The molecule has 0 aliphatic heterocycles. The van der Waals surface area contributed by atoms with Crippen LogP contribution in [0.2, 0.25) is 0 Å². The van der Waals surface area contributed by atoms with Gasteiger partial charge in [0.25, 0.3) is 0 Å². The molecule has 2 aromatic rings. The van der Waals surface area contributed by atoms with Gasteiger partial charge in [0, 0.05) is 17.5 Å². The van der Waals surface area contributed by atoms with E-state index in [9.17, 15) is 9.59 Å². The van der Waals surface area contributed by atoms with E-state index in [0.29, 0.717) is 0 Å². The lowest BCUT2D eigenvalue weighted by atomic mass is 9.91. The summed E-state index contributed by atoms with van der Waals surface area (Å²) < 4.78 is 7.05. The molecule has 2 rings (SSSR count). The first-order valence-corrected chi connectivity index (χ1v) is 9.66. The highest BCUT2D eigenvalue weighted by Crippen LogP contribution is 2.29. The van der Waals surface area contributed by atoms with Crippen molar-refractivity contribution in [3.05, 3.63) is 53.1 Å². The van der Waals surface area contributed by atoms with E-state index in [1.807, 2.05) is 66.8 Å². The molecule has 1 heterocycles. The molecule has 0 radical (unpaired) electrons. The first kappa shape index (κ1) is 21.9. The topological polar surface area (TPSA) is 61.2 Å². The van der Waals surface area contributed by atoms with Crippen LogP contribution in [-0.2, 0) is 16.1 Å². The summed E-state index contributed by atoms with van der Waals surface area (Å²) in [6, 6.07) is 6.00. The zero-order valence-corrected chi connectivity index (χ0v) is 18.3. The lowest BCUT2D eigenvalue weighted by Gasteiger charge is -2.19. The van der Waals surface area contributed by atoms with Crippen LogP contribution in [0.3, 0.4) is 0 Å². The van der Waals surface area contributed by atoms with E-state index < -0.39 is 10.8 Å². The van der Waals surface area contributed by atoms with Gasteiger partial charge in [0.05, 0.1) is 11.1 Å². The first-order chi connectivity index (χ1) is 12.8. The lowest BCUT2D eigenvalue weighted by molar-refractivity contribution is -0.154. The van der Waals surface area contributed by atoms with E-state index in [1.54, 1.807) is 10.9 Å². The Morgan fingerprint density at radius 3 is 2.32 bits per heavy atom. The number of hydrogen-bond donors (Lipinski definition) is 0. The van der Waals surface area contributed by atoms with E-state index >= 15 is 0 Å². The molecule has 0 bridgehead atoms. The van der Waals surface area contributed by atoms with Crippen molar-refractivity contribution in [2.45, 2.75) is 67.9 Å². The van der Waals surface area contributed by atoms with Crippen LogP contribution in [0.4, 0.5) is 0 Å². The molecule has 1 aromatic heterocycles. The van der Waals surface area contributed by atoms with Crippen molar-refractivity contribution < 1.29 is 14.3 Å². The van der Waals surface area contributed by atoms with Crippen molar-refractivity contribution in [3.63, 3.8) is 0 Å². The molecule has 0 N–H and O–H groups in total. The standard InChI is InChI=1S/C23H32N2O3/c1-15-17(13-28-21(27)23(6,7)8)10-9-11-18(15)16(2)19-12-25(14-24-19)20(26)22(3,4)5/h9-12,14,16H,13H2,1-8H3/t16-/m0/s1. The van der Waals surface area contributed by atoms with Gasteiger partial charge in [-0.1, -0.05) is 45.9 Å². The molecule has 0 aliphatic rings. The van der Waals surface area contributed by atoms with Gasteiger partial charge in [-0.3, -0.25) is 14.2 Å². The second-order valence-corrected chi connectivity index (χ2v) is 9.44. The normalized spacial score (nSPS) is 13.3. The SMILES string of the molecule is Cc1c(COC(=O)C(C)(C)C)cccc1[C@H](C)c1cn(C(=O)C(C)(C)C)cn1. The molecular formula is C23H32N2O3. The molecule has 152 valence electrons. The lowest BCUT2D eigenvalue weighted by Crippen LogP contribution is -2.25. The summed E-state index contributed by atoms with van der Waals surface area (Å²) in [5.41, 5.74) is 3.02. The van der Waals surface area contributed by atoms with Crippen LogP contribution in [0, 0.1) is 17.8 Å². The zero-order valence-electron chi connectivity index (χ0n) is 18.3. The Balaban J connectivity index is 2.23. The van der Waals surface area contributed by atoms with Crippen molar-refractivity contribution in [1.82, 2.24) is 9.55 Å². The number of carbonyl (C=O) groups is 2. The molecule has 0 unspecified atom stereocenters. The van der Waals surface area contributed by atoms with Crippen molar-refractivity contribution in [1.29, 1.82) is 0 Å². The Labute approximate surface area is 168 Å². The Morgan fingerprint density at radius 2 is 1.75 bits per heavy atom. The molecule has 5 nitrogen and oxygen atoms in total. The van der Waals surface area contributed by atoms with Gasteiger partial charge in [-0.2, -0.15) is 0 Å². The first-order valence-electron chi connectivity index (χ1n) is 9.66. The van der Waals surface area contributed by atoms with Crippen molar-refractivity contribution >= 4 is 11.9 Å². The average Bonchev–Trinajstić information content (AvgIpc) is 3.07. The fourth-order valence-corrected chi connectivity index (χ4v) is 2.91. The van der Waals surface area contributed by atoms with Crippen LogP contribution >= 0.6 is 0 Å². The molecular weight excluding hydrogens is 352 g/mol. The molecule has 5 heteroatoms. The van der Waals surface area contributed by atoms with Crippen LogP contribution in [0.1, 0.15) is 81.6 Å². The van der Waals surface area contributed by atoms with Crippen LogP contribution in [0.25, 0.3) is 0 Å². The minimum atomic E-state index is -0.523. The summed E-state index contributed by atoms with van der Waals surface area (Å²) in [7, 11) is 0. The Kier molecular flexibility index (Phi) is 6.17. The minimum absolute atomic E-state index is 0.0121. The van der Waals surface area contributed by atoms with Crippen LogP contribution in [-0.4, -0.2) is 21.4 Å². The predicted molar refractivity (Wildman–Crippen MR) is 110 cm³/mol. The number of aromatic nitrogens is 2. The van der Waals surface area contributed by atoms with Crippen molar-refractivity contribution in [3.8, 4) is 0 Å². The number of ether oxygens (including phenoxy) is 1. The quantitative estimate of drug-likeness (QED) is 0.687. The highest BCUT2D eigenvalue weighted by molar-refractivity contribution is 5.83. The molecule has 28 heavy (non-hydrogen) atoms. The summed E-state index contributed by atoms with van der Waals surface area (Å²) in [6.07, 6.45) is 3.40. The summed E-state index contributed by atoms with van der Waals surface area (Å²) in [5.74, 6) is -0.185. The van der Waals surface area contributed by atoms with E-state index in [1.165, 1.54) is 0 Å². The van der Waals surface area contributed by atoms with Crippen molar-refractivity contribution in [2.75, 3.05) is 0 Å². The highest BCUT2D eigenvalue weighted by Gasteiger charge is 2.25. The molecule has 0 saturated carbocycles. The largest absolute Gasteiger partial charge is 0.460 e. The maximum atomic E-state index is 12.5. The van der Waals surface area contributed by atoms with Crippen LogP contribution in [0.5, 0.6) is 0 Å². The number of rotatable bonds is 4. The summed E-state index contributed by atoms with van der Waals surface area (Å²) >= 11 is 0. The van der Waals surface area contributed by atoms with E-state index in [2.05, 4.69) is 18.0 Å². The second-order valence-electron chi connectivity index (χ2n) is 9.44. The third-order valence-electron chi connectivity index (χ3n) is 4.85. The summed E-state index contributed by atoms with van der Waals surface area (Å²) in [6.45, 7) is 15.6. The maximum absolute atomic E-state index is 12.5. The number of hydrogen-bond acceptors (Lipinski definition) is 4. The smallest absolute Gasteiger partial charge is 0.311 e. The molecule has 0 spiro atoms. The maximum Gasteiger partial charge on any atom is 0.311 e. The van der Waals surface area contributed by atoms with Gasteiger partial charge < -0.3 is 4.74 Å². The molecule has 1 aromatic carbocycles. The van der Waals surface area contributed by atoms with E-state index in [-0.39, 0.29) is 24.4 Å². The highest BCUT2D eigenvalue weighted by atomic mass is 16.5. The van der Waals surface area contributed by atoms with Gasteiger partial charge in [0.2, 0.25) is 5.91 Å². The van der Waals surface area contributed by atoms with Gasteiger partial charge in [-0.25, -0.2) is 4.98 Å². The monoisotopic (exact) mass is 384 g/mol. The fourth-order valence-electron chi connectivity index (χ4n) is 2.91. The van der Waals surface area contributed by atoms with Crippen LogP contribution in [0.15, 0.2) is 30.7 Å². The number of esters is 1. The predicted octanol–water partition coefficient (Wildman–Crippen LogP) is 5.12. The zero-order chi connectivity index (χ0) is 21.3. The molecule has 0 aliphatic carbocycles. The number of benzene rings is 1. The average molecular weight is 385 g/mol. The molecule has 1 atom stereocenters. The Bertz CT molecular complexity index is 867.